The second kappa shape index (κ2) is 3.66. The van der Waals surface area contributed by atoms with E-state index in [9.17, 15) is 4.39 Å². The summed E-state index contributed by atoms with van der Waals surface area (Å²) in [5.41, 5.74) is 12.6. The van der Waals surface area contributed by atoms with Crippen molar-refractivity contribution in [2.45, 2.75) is 0 Å². The summed E-state index contributed by atoms with van der Waals surface area (Å²) >= 11 is 0. The number of anilines is 2. The lowest BCUT2D eigenvalue weighted by molar-refractivity contribution is 0.628. The summed E-state index contributed by atoms with van der Waals surface area (Å²) in [6, 6.07) is 6.05. The number of nitrogens with one attached hydrogen (secondary N) is 1. The van der Waals surface area contributed by atoms with Gasteiger partial charge in [-0.1, -0.05) is 12.1 Å². The Morgan fingerprint density at radius 3 is 2.72 bits per heavy atom. The molecular weight excluding hydrogens is 235 g/mol. The number of hydrogen-bond donors (Lipinski definition) is 3. The average Bonchev–Trinajstić information content (AvgIpc) is 2.73. The minimum atomic E-state index is -0.341. The normalized spacial score (nSPS) is 10.9. The lowest BCUT2D eigenvalue weighted by Gasteiger charge is -1.95. The zero-order valence-electron chi connectivity index (χ0n) is 9.18. The fourth-order valence-corrected chi connectivity index (χ4v) is 1.71. The van der Waals surface area contributed by atoms with Gasteiger partial charge in [0, 0.05) is 5.56 Å². The van der Waals surface area contributed by atoms with Crippen LogP contribution in [0, 0.1) is 5.82 Å². The number of benzene rings is 1. The quantitative estimate of drug-likeness (QED) is 0.598. The van der Waals surface area contributed by atoms with Crippen molar-refractivity contribution in [2.75, 3.05) is 11.5 Å². The van der Waals surface area contributed by atoms with Crippen LogP contribution in [0.3, 0.4) is 0 Å². The number of nitrogens with two attached hydrogens (primary N) is 2. The van der Waals surface area contributed by atoms with E-state index in [1.54, 1.807) is 12.1 Å². The highest BCUT2D eigenvalue weighted by atomic mass is 19.1. The summed E-state index contributed by atoms with van der Waals surface area (Å²) in [6.45, 7) is 0. The van der Waals surface area contributed by atoms with Crippen LogP contribution in [-0.2, 0) is 0 Å². The van der Waals surface area contributed by atoms with E-state index in [4.69, 9.17) is 11.5 Å². The van der Waals surface area contributed by atoms with E-state index in [1.807, 2.05) is 0 Å². The molecule has 0 unspecified atom stereocenters. The minimum Gasteiger partial charge on any atom is -0.382 e. The number of nitrogens with zero attached hydrogens (tertiary/aromatic N) is 3. The summed E-state index contributed by atoms with van der Waals surface area (Å²) in [5, 5.41) is 0. The molecule has 0 bridgehead atoms. The van der Waals surface area contributed by atoms with Gasteiger partial charge >= 0.3 is 0 Å². The molecule has 2 heterocycles. The largest absolute Gasteiger partial charge is 0.382 e. The van der Waals surface area contributed by atoms with Crippen molar-refractivity contribution >= 4 is 22.9 Å². The van der Waals surface area contributed by atoms with E-state index >= 15 is 0 Å². The first-order valence-electron chi connectivity index (χ1n) is 5.18. The number of H-pyrrole nitrogens is 1. The summed E-state index contributed by atoms with van der Waals surface area (Å²) in [4.78, 5) is 14.9. The van der Waals surface area contributed by atoms with Crippen LogP contribution < -0.4 is 11.5 Å². The third kappa shape index (κ3) is 1.61. The molecular formula is C11H9FN6. The molecule has 3 rings (SSSR count). The first-order chi connectivity index (χ1) is 8.63. The Morgan fingerprint density at radius 1 is 1.11 bits per heavy atom. The highest BCUT2D eigenvalue weighted by molar-refractivity contribution is 5.85. The molecule has 0 atom stereocenters. The van der Waals surface area contributed by atoms with E-state index in [1.165, 1.54) is 12.1 Å². The van der Waals surface area contributed by atoms with Gasteiger partial charge < -0.3 is 16.5 Å². The van der Waals surface area contributed by atoms with E-state index in [0.717, 1.165) is 0 Å². The van der Waals surface area contributed by atoms with Gasteiger partial charge in [0.15, 0.2) is 11.5 Å². The Balaban J connectivity index is 2.22. The third-order valence-corrected chi connectivity index (χ3v) is 2.49. The van der Waals surface area contributed by atoms with Crippen molar-refractivity contribution in [3.05, 3.63) is 30.1 Å². The minimum absolute atomic E-state index is 0.0530. The van der Waals surface area contributed by atoms with Crippen LogP contribution >= 0.6 is 0 Å². The molecule has 0 aliphatic rings. The maximum Gasteiger partial charge on any atom is 0.224 e. The predicted octanol–water partition coefficient (Wildman–Crippen LogP) is 1.32. The zero-order chi connectivity index (χ0) is 12.7. The van der Waals surface area contributed by atoms with Gasteiger partial charge in [0.2, 0.25) is 5.95 Å². The smallest absolute Gasteiger partial charge is 0.224 e. The number of imidazole rings is 1. The van der Waals surface area contributed by atoms with Crippen LogP contribution in [0.2, 0.25) is 0 Å². The highest BCUT2D eigenvalue weighted by Gasteiger charge is 2.11. The highest BCUT2D eigenvalue weighted by Crippen LogP contribution is 2.22. The second-order valence-electron chi connectivity index (χ2n) is 3.76. The standard InChI is InChI=1S/C11H9FN6/c12-6-3-1-2-5(4-6)9-15-7-8(13)16-11(14)18-10(7)17-9/h1-4H,(H5,13,14,15,16,17,18). The lowest BCUT2D eigenvalue weighted by Crippen LogP contribution is -1.99. The first kappa shape index (κ1) is 10.5. The molecule has 0 amide bonds. The van der Waals surface area contributed by atoms with Gasteiger partial charge in [-0.25, -0.2) is 9.37 Å². The molecule has 6 nitrogen and oxygen atoms in total. The monoisotopic (exact) mass is 244 g/mol. The molecule has 3 aromatic rings. The number of hydrogen-bond acceptors (Lipinski definition) is 5. The van der Waals surface area contributed by atoms with Crippen molar-refractivity contribution in [1.29, 1.82) is 0 Å². The molecule has 0 radical (unpaired) electrons. The molecule has 7 heteroatoms. The lowest BCUT2D eigenvalue weighted by atomic mass is 10.2. The molecule has 5 N–H and O–H groups in total. The number of nitrogen functional groups attached to an aromatic ring is 2. The van der Waals surface area contributed by atoms with Crippen LogP contribution in [0.25, 0.3) is 22.6 Å². The third-order valence-electron chi connectivity index (χ3n) is 2.49. The Morgan fingerprint density at radius 2 is 1.94 bits per heavy atom. The number of aromatic amines is 1. The number of aromatic nitrogens is 4. The molecule has 0 aliphatic heterocycles. The summed E-state index contributed by atoms with van der Waals surface area (Å²) < 4.78 is 13.1. The summed E-state index contributed by atoms with van der Waals surface area (Å²) in [7, 11) is 0. The van der Waals surface area contributed by atoms with Crippen LogP contribution in [0.1, 0.15) is 0 Å². The van der Waals surface area contributed by atoms with Crippen molar-refractivity contribution in [3.8, 4) is 11.4 Å². The Bertz CT molecular complexity index is 735. The van der Waals surface area contributed by atoms with Gasteiger partial charge in [-0.15, -0.1) is 0 Å². The van der Waals surface area contributed by atoms with Gasteiger partial charge in [-0.3, -0.25) is 0 Å². The maximum absolute atomic E-state index is 13.1. The van der Waals surface area contributed by atoms with Crippen LogP contribution in [0.15, 0.2) is 24.3 Å². The van der Waals surface area contributed by atoms with Crippen LogP contribution in [0.4, 0.5) is 16.2 Å². The van der Waals surface area contributed by atoms with Gasteiger partial charge in [0.05, 0.1) is 0 Å². The SMILES string of the molecule is Nc1nc(N)c2[nH]c(-c3cccc(F)c3)nc2n1. The summed E-state index contributed by atoms with van der Waals surface area (Å²) in [5.74, 6) is 0.396. The van der Waals surface area contributed by atoms with Crippen molar-refractivity contribution in [1.82, 2.24) is 19.9 Å². The fourth-order valence-electron chi connectivity index (χ4n) is 1.71. The maximum atomic E-state index is 13.1. The summed E-state index contributed by atoms with van der Waals surface area (Å²) in [6.07, 6.45) is 0. The first-order valence-corrected chi connectivity index (χ1v) is 5.18. The van der Waals surface area contributed by atoms with Crippen molar-refractivity contribution in [3.63, 3.8) is 0 Å². The molecule has 0 fully saturated rings. The zero-order valence-corrected chi connectivity index (χ0v) is 9.18. The number of halogens is 1. The van der Waals surface area contributed by atoms with E-state index in [2.05, 4.69) is 19.9 Å². The molecule has 0 saturated carbocycles. The van der Waals surface area contributed by atoms with Gasteiger partial charge in [0.1, 0.15) is 17.2 Å². The van der Waals surface area contributed by atoms with Crippen LogP contribution in [-0.4, -0.2) is 19.9 Å². The topological polar surface area (TPSA) is 106 Å². The van der Waals surface area contributed by atoms with E-state index in [-0.39, 0.29) is 17.6 Å². The van der Waals surface area contributed by atoms with Crippen LogP contribution in [0.5, 0.6) is 0 Å². The van der Waals surface area contributed by atoms with Gasteiger partial charge in [-0.2, -0.15) is 9.97 Å². The Labute approximate surface area is 101 Å². The average molecular weight is 244 g/mol. The molecule has 0 spiro atoms. The van der Waals surface area contributed by atoms with E-state index < -0.39 is 0 Å². The Kier molecular flexibility index (Phi) is 2.12. The molecule has 90 valence electrons. The van der Waals surface area contributed by atoms with Gasteiger partial charge in [-0.05, 0) is 12.1 Å². The fraction of sp³-hybridized carbons (Fsp3) is 0. The number of rotatable bonds is 1. The molecule has 18 heavy (non-hydrogen) atoms. The number of fused-ring (bicyclic) bond motifs is 1. The predicted molar refractivity (Wildman–Crippen MR) is 65.9 cm³/mol. The van der Waals surface area contributed by atoms with Crippen molar-refractivity contribution in [2.24, 2.45) is 0 Å². The molecule has 2 aromatic heterocycles. The molecule has 0 saturated heterocycles. The van der Waals surface area contributed by atoms with Gasteiger partial charge in [0.25, 0.3) is 0 Å². The Hall–Kier alpha value is -2.70. The van der Waals surface area contributed by atoms with E-state index in [0.29, 0.717) is 22.6 Å². The second-order valence-corrected chi connectivity index (χ2v) is 3.76. The van der Waals surface area contributed by atoms with Crippen molar-refractivity contribution < 1.29 is 4.39 Å². The molecule has 0 aliphatic carbocycles. The molecule has 1 aromatic carbocycles.